The molecule has 9 heteroatoms. The zero-order chi connectivity index (χ0) is 19.8. The second kappa shape index (κ2) is 7.34. The Balaban J connectivity index is 1.73. The fourth-order valence-corrected chi connectivity index (χ4v) is 4.61. The molecule has 145 valence electrons. The number of hydrogen-bond donors (Lipinski definition) is 1. The molecular formula is C20H18N7OS. The van der Waals surface area contributed by atoms with Gasteiger partial charge in [-0.25, -0.2) is 19.9 Å². The third-order valence-electron chi connectivity index (χ3n) is 4.85. The van der Waals surface area contributed by atoms with Gasteiger partial charge in [0, 0.05) is 54.4 Å². The summed E-state index contributed by atoms with van der Waals surface area (Å²) in [5.74, 6) is 1.73. The third-order valence-corrected chi connectivity index (χ3v) is 6.18. The number of thiophene rings is 1. The summed E-state index contributed by atoms with van der Waals surface area (Å²) in [5.41, 5.74) is 9.43. The Morgan fingerprint density at radius 3 is 2.62 bits per heavy atom. The average molecular weight is 404 g/mol. The lowest BCUT2D eigenvalue weighted by molar-refractivity contribution is 0.122. The third kappa shape index (κ3) is 3.28. The van der Waals surface area contributed by atoms with Crippen LogP contribution >= 0.6 is 11.3 Å². The minimum absolute atomic E-state index is 0.227. The van der Waals surface area contributed by atoms with E-state index in [1.807, 2.05) is 12.3 Å². The van der Waals surface area contributed by atoms with Crippen molar-refractivity contribution in [2.45, 2.75) is 6.92 Å². The highest BCUT2D eigenvalue weighted by atomic mass is 32.1. The highest BCUT2D eigenvalue weighted by molar-refractivity contribution is 7.23. The Morgan fingerprint density at radius 2 is 1.90 bits per heavy atom. The van der Waals surface area contributed by atoms with Gasteiger partial charge in [0.25, 0.3) is 0 Å². The van der Waals surface area contributed by atoms with E-state index in [0.717, 1.165) is 50.7 Å². The molecule has 0 amide bonds. The first-order valence-corrected chi connectivity index (χ1v) is 10.1. The SMILES string of the molecule is Cc1c(-c2c[c]cnc2)sc2c(N3CCOCC3)nc(-c3cnc(N)nc3)nc12. The van der Waals surface area contributed by atoms with E-state index in [9.17, 15) is 0 Å². The largest absolute Gasteiger partial charge is 0.378 e. The van der Waals surface area contributed by atoms with Gasteiger partial charge in [0.2, 0.25) is 5.95 Å². The zero-order valence-electron chi connectivity index (χ0n) is 15.8. The van der Waals surface area contributed by atoms with E-state index < -0.39 is 0 Å². The molecule has 1 radical (unpaired) electrons. The topological polar surface area (TPSA) is 103 Å². The highest BCUT2D eigenvalue weighted by Crippen LogP contribution is 2.41. The summed E-state index contributed by atoms with van der Waals surface area (Å²) in [7, 11) is 0. The molecule has 0 atom stereocenters. The normalized spacial score (nSPS) is 14.4. The Labute approximate surface area is 171 Å². The molecule has 0 aliphatic carbocycles. The van der Waals surface area contributed by atoms with Crippen molar-refractivity contribution in [1.29, 1.82) is 0 Å². The first kappa shape index (κ1) is 17.9. The second-order valence-electron chi connectivity index (χ2n) is 6.71. The summed E-state index contributed by atoms with van der Waals surface area (Å²) < 4.78 is 6.59. The average Bonchev–Trinajstić information content (AvgIpc) is 3.11. The number of rotatable bonds is 3. The van der Waals surface area contributed by atoms with Crippen LogP contribution in [0, 0.1) is 13.0 Å². The second-order valence-corrected chi connectivity index (χ2v) is 7.73. The molecule has 0 unspecified atom stereocenters. The quantitative estimate of drug-likeness (QED) is 0.556. The van der Waals surface area contributed by atoms with Crippen molar-refractivity contribution in [1.82, 2.24) is 24.9 Å². The number of nitrogens with zero attached hydrogens (tertiary/aromatic N) is 6. The van der Waals surface area contributed by atoms with Gasteiger partial charge in [-0.1, -0.05) is 0 Å². The van der Waals surface area contributed by atoms with Crippen LogP contribution in [0.3, 0.4) is 0 Å². The summed E-state index contributed by atoms with van der Waals surface area (Å²) in [5, 5.41) is 0. The Kier molecular flexibility index (Phi) is 4.53. The van der Waals surface area contributed by atoms with Crippen LogP contribution in [0.15, 0.2) is 30.9 Å². The summed E-state index contributed by atoms with van der Waals surface area (Å²) in [6, 6.07) is 5.00. The zero-order valence-corrected chi connectivity index (χ0v) is 16.6. The lowest BCUT2D eigenvalue weighted by Crippen LogP contribution is -2.36. The molecule has 5 rings (SSSR count). The fourth-order valence-electron chi connectivity index (χ4n) is 3.37. The minimum atomic E-state index is 0.227. The van der Waals surface area contributed by atoms with E-state index in [1.54, 1.807) is 29.9 Å². The molecule has 4 aromatic rings. The van der Waals surface area contributed by atoms with Crippen LogP contribution in [0.2, 0.25) is 0 Å². The number of ether oxygens (including phenoxy) is 1. The number of pyridine rings is 1. The number of aromatic nitrogens is 5. The van der Waals surface area contributed by atoms with Crippen molar-refractivity contribution >= 4 is 33.3 Å². The van der Waals surface area contributed by atoms with Crippen LogP contribution in [0.4, 0.5) is 11.8 Å². The predicted molar refractivity (Wildman–Crippen MR) is 113 cm³/mol. The molecule has 1 fully saturated rings. The van der Waals surface area contributed by atoms with E-state index in [1.165, 1.54) is 0 Å². The number of anilines is 2. The summed E-state index contributed by atoms with van der Waals surface area (Å²) in [6.07, 6.45) is 6.83. The number of nitrogen functional groups attached to an aromatic ring is 1. The van der Waals surface area contributed by atoms with Crippen molar-refractivity contribution in [3.8, 4) is 21.8 Å². The first-order chi connectivity index (χ1) is 14.2. The highest BCUT2D eigenvalue weighted by Gasteiger charge is 2.23. The van der Waals surface area contributed by atoms with E-state index in [0.29, 0.717) is 19.0 Å². The van der Waals surface area contributed by atoms with Gasteiger partial charge in [-0.15, -0.1) is 11.3 Å². The molecule has 2 N–H and O–H groups in total. The Morgan fingerprint density at radius 1 is 1.10 bits per heavy atom. The van der Waals surface area contributed by atoms with Gasteiger partial charge >= 0.3 is 0 Å². The molecule has 4 aromatic heterocycles. The number of fused-ring (bicyclic) bond motifs is 1. The lowest BCUT2D eigenvalue weighted by atomic mass is 10.1. The number of nitrogens with two attached hydrogens (primary N) is 1. The van der Waals surface area contributed by atoms with Gasteiger partial charge in [0.1, 0.15) is 0 Å². The molecule has 5 heterocycles. The van der Waals surface area contributed by atoms with Gasteiger partial charge in [-0.05, 0) is 18.6 Å². The van der Waals surface area contributed by atoms with Crippen LogP contribution in [0.5, 0.6) is 0 Å². The molecule has 0 aromatic carbocycles. The van der Waals surface area contributed by atoms with Crippen LogP contribution in [-0.4, -0.2) is 51.2 Å². The van der Waals surface area contributed by atoms with Crippen LogP contribution < -0.4 is 10.6 Å². The maximum atomic E-state index is 5.64. The molecule has 1 aliphatic rings. The molecule has 1 saturated heterocycles. The van der Waals surface area contributed by atoms with Crippen LogP contribution in [-0.2, 0) is 4.74 Å². The summed E-state index contributed by atoms with van der Waals surface area (Å²) >= 11 is 1.68. The monoisotopic (exact) mass is 404 g/mol. The molecule has 1 aliphatic heterocycles. The lowest BCUT2D eigenvalue weighted by Gasteiger charge is -2.28. The van der Waals surface area contributed by atoms with E-state index in [4.69, 9.17) is 20.4 Å². The van der Waals surface area contributed by atoms with Gasteiger partial charge in [0.05, 0.1) is 29.0 Å². The van der Waals surface area contributed by atoms with Crippen molar-refractivity contribution < 1.29 is 4.74 Å². The Hall–Kier alpha value is -3.17. The molecule has 29 heavy (non-hydrogen) atoms. The number of hydrogen-bond acceptors (Lipinski definition) is 9. The molecule has 0 saturated carbocycles. The van der Waals surface area contributed by atoms with E-state index >= 15 is 0 Å². The maximum absolute atomic E-state index is 5.64. The Bertz CT molecular complexity index is 1160. The van der Waals surface area contributed by atoms with Crippen LogP contribution in [0.25, 0.3) is 32.0 Å². The smallest absolute Gasteiger partial charge is 0.219 e. The van der Waals surface area contributed by atoms with Gasteiger partial charge in [-0.3, -0.25) is 4.98 Å². The van der Waals surface area contributed by atoms with E-state index in [2.05, 4.69) is 32.8 Å². The molecule has 0 bridgehead atoms. The number of morpholine rings is 1. The van der Waals surface area contributed by atoms with Crippen molar-refractivity contribution in [2.75, 3.05) is 36.9 Å². The van der Waals surface area contributed by atoms with Crippen molar-refractivity contribution in [3.05, 3.63) is 42.5 Å². The minimum Gasteiger partial charge on any atom is -0.378 e. The van der Waals surface area contributed by atoms with Gasteiger partial charge < -0.3 is 15.4 Å². The standard InChI is InChI=1S/C20H18N7OS/c1-12-15-17(29-16(12)13-3-2-4-22-9-13)19(27-5-7-28-8-6-27)26-18(25-15)14-10-23-20(21)24-11-14/h3-4,9-11H,5-8H2,1H3,(H2,21,23,24). The van der Waals surface area contributed by atoms with Gasteiger partial charge in [-0.2, -0.15) is 0 Å². The summed E-state index contributed by atoms with van der Waals surface area (Å²) in [4.78, 5) is 25.6. The first-order valence-electron chi connectivity index (χ1n) is 9.24. The van der Waals surface area contributed by atoms with Crippen LogP contribution in [0.1, 0.15) is 5.56 Å². The predicted octanol–water partition coefficient (Wildman–Crippen LogP) is 2.74. The molecule has 8 nitrogen and oxygen atoms in total. The van der Waals surface area contributed by atoms with Crippen molar-refractivity contribution in [2.24, 2.45) is 0 Å². The number of aryl methyl sites for hydroxylation is 1. The summed E-state index contributed by atoms with van der Waals surface area (Å²) in [6.45, 7) is 5.02. The van der Waals surface area contributed by atoms with E-state index in [-0.39, 0.29) is 5.95 Å². The van der Waals surface area contributed by atoms with Gasteiger partial charge in [0.15, 0.2) is 11.6 Å². The molecule has 0 spiro atoms. The maximum Gasteiger partial charge on any atom is 0.219 e. The van der Waals surface area contributed by atoms with Crippen molar-refractivity contribution in [3.63, 3.8) is 0 Å². The fraction of sp³-hybridized carbons (Fsp3) is 0.250. The molecular weight excluding hydrogens is 386 g/mol.